The molecule has 47 heavy (non-hydrogen) atoms. The molecule has 222 valence electrons. The number of hydrogen-bond acceptors (Lipinski definition) is 3. The van der Waals surface area contributed by atoms with Crippen molar-refractivity contribution >= 4 is 43.7 Å². The van der Waals surface area contributed by atoms with Gasteiger partial charge < -0.3 is 4.42 Å². The highest BCUT2D eigenvalue weighted by molar-refractivity contribution is 6.13. The highest BCUT2D eigenvalue weighted by atomic mass is 16.3. The van der Waals surface area contributed by atoms with Crippen molar-refractivity contribution in [3.8, 4) is 39.6 Å². The van der Waals surface area contributed by atoms with E-state index in [-0.39, 0.29) is 5.41 Å². The van der Waals surface area contributed by atoms with Crippen molar-refractivity contribution < 1.29 is 4.42 Å². The molecule has 0 amide bonds. The molecule has 6 aromatic carbocycles. The zero-order chi connectivity index (χ0) is 31.3. The standard InChI is InChI=1S/C43H29N3O/c1-43(2)34-23-39-32(21-30(34)31-22-33-29-18-10-12-20-40(29)47-41(33)24-35(31)43)28-17-9-11-19-38(28)46(39)42-44-36(26-13-5-3-6-14-26)25-37(45-42)27-15-7-4-8-16-27/h3-25H,1-2H3. The molecule has 0 N–H and O–H groups in total. The van der Waals surface area contributed by atoms with Crippen molar-refractivity contribution in [2.75, 3.05) is 0 Å². The quantitative estimate of drug-likeness (QED) is 0.202. The fourth-order valence-corrected chi connectivity index (χ4v) is 7.68. The van der Waals surface area contributed by atoms with E-state index in [1.54, 1.807) is 0 Å². The summed E-state index contributed by atoms with van der Waals surface area (Å²) in [5.74, 6) is 0.661. The van der Waals surface area contributed by atoms with Crippen LogP contribution in [0, 0.1) is 0 Å². The van der Waals surface area contributed by atoms with Crippen LogP contribution in [0.15, 0.2) is 144 Å². The molecule has 0 saturated heterocycles. The Bertz CT molecular complexity index is 2640. The summed E-state index contributed by atoms with van der Waals surface area (Å²) in [5, 5.41) is 4.68. The molecular weight excluding hydrogens is 574 g/mol. The van der Waals surface area contributed by atoms with E-state index in [1.807, 2.05) is 18.2 Å². The van der Waals surface area contributed by atoms with Crippen LogP contribution < -0.4 is 0 Å². The summed E-state index contributed by atoms with van der Waals surface area (Å²) in [6.45, 7) is 4.65. The van der Waals surface area contributed by atoms with Crippen molar-refractivity contribution in [1.82, 2.24) is 14.5 Å². The van der Waals surface area contributed by atoms with Gasteiger partial charge in [-0.1, -0.05) is 111 Å². The van der Waals surface area contributed by atoms with Crippen LogP contribution in [0.4, 0.5) is 0 Å². The number of fused-ring (bicyclic) bond motifs is 9. The third-order valence-electron chi connectivity index (χ3n) is 10.0. The van der Waals surface area contributed by atoms with Gasteiger partial charge >= 0.3 is 0 Å². The summed E-state index contributed by atoms with van der Waals surface area (Å²) in [6.07, 6.45) is 0. The lowest BCUT2D eigenvalue weighted by Gasteiger charge is -2.21. The second-order valence-electron chi connectivity index (χ2n) is 13.1. The first-order valence-corrected chi connectivity index (χ1v) is 16.1. The predicted octanol–water partition coefficient (Wildman–Crippen LogP) is 11.1. The summed E-state index contributed by atoms with van der Waals surface area (Å²) in [4.78, 5) is 10.5. The number of rotatable bonds is 3. The Morgan fingerprint density at radius 3 is 1.77 bits per heavy atom. The Balaban J connectivity index is 1.27. The second-order valence-corrected chi connectivity index (χ2v) is 13.1. The minimum Gasteiger partial charge on any atom is -0.456 e. The number of hydrogen-bond donors (Lipinski definition) is 0. The van der Waals surface area contributed by atoms with Crippen molar-refractivity contribution in [1.29, 1.82) is 0 Å². The van der Waals surface area contributed by atoms with Gasteiger partial charge in [-0.25, -0.2) is 9.97 Å². The van der Waals surface area contributed by atoms with E-state index in [4.69, 9.17) is 14.4 Å². The maximum atomic E-state index is 6.34. The molecule has 0 radical (unpaired) electrons. The second kappa shape index (κ2) is 9.51. The summed E-state index contributed by atoms with van der Waals surface area (Å²) in [6, 6.07) is 49.2. The first-order valence-electron chi connectivity index (χ1n) is 16.1. The number of para-hydroxylation sites is 2. The Morgan fingerprint density at radius 2 is 1.06 bits per heavy atom. The monoisotopic (exact) mass is 603 g/mol. The molecular formula is C43H29N3O. The van der Waals surface area contributed by atoms with E-state index in [2.05, 4.69) is 140 Å². The molecule has 0 atom stereocenters. The predicted molar refractivity (Wildman–Crippen MR) is 192 cm³/mol. The van der Waals surface area contributed by atoms with Crippen LogP contribution in [0.25, 0.3) is 83.3 Å². The fourth-order valence-electron chi connectivity index (χ4n) is 7.68. The number of furan rings is 1. The smallest absolute Gasteiger partial charge is 0.235 e. The molecule has 0 fully saturated rings. The van der Waals surface area contributed by atoms with Crippen LogP contribution in [-0.2, 0) is 5.41 Å². The summed E-state index contributed by atoms with van der Waals surface area (Å²) >= 11 is 0. The van der Waals surface area contributed by atoms with Gasteiger partial charge in [-0.05, 0) is 64.7 Å². The minimum atomic E-state index is -0.227. The molecule has 0 spiro atoms. The molecule has 1 aliphatic carbocycles. The van der Waals surface area contributed by atoms with Crippen LogP contribution in [0.1, 0.15) is 25.0 Å². The highest BCUT2D eigenvalue weighted by Gasteiger charge is 2.37. The van der Waals surface area contributed by atoms with Crippen molar-refractivity contribution in [3.63, 3.8) is 0 Å². The largest absolute Gasteiger partial charge is 0.456 e. The SMILES string of the molecule is CC1(C)c2cc3oc4ccccc4c3cc2-c2cc3c4ccccc4n(-c4nc(-c5ccccc5)cc(-c5ccccc5)n4)c3cc21. The molecule has 10 rings (SSSR count). The molecule has 4 heteroatoms. The van der Waals surface area contributed by atoms with Gasteiger partial charge in [0.05, 0.1) is 22.4 Å². The molecule has 0 bridgehead atoms. The zero-order valence-corrected chi connectivity index (χ0v) is 26.0. The highest BCUT2D eigenvalue weighted by Crippen LogP contribution is 2.52. The van der Waals surface area contributed by atoms with E-state index >= 15 is 0 Å². The molecule has 0 saturated carbocycles. The third-order valence-corrected chi connectivity index (χ3v) is 10.0. The van der Waals surface area contributed by atoms with Gasteiger partial charge in [-0.3, -0.25) is 4.57 Å². The first kappa shape index (κ1) is 26.2. The van der Waals surface area contributed by atoms with Gasteiger partial charge in [0.1, 0.15) is 11.2 Å². The van der Waals surface area contributed by atoms with E-state index in [0.29, 0.717) is 5.95 Å². The average Bonchev–Trinajstić information content (AvgIpc) is 3.72. The Hall–Kier alpha value is -6.00. The molecule has 3 aromatic heterocycles. The fraction of sp³-hybridized carbons (Fsp3) is 0.0698. The lowest BCUT2D eigenvalue weighted by atomic mass is 9.82. The zero-order valence-electron chi connectivity index (χ0n) is 26.0. The summed E-state index contributed by atoms with van der Waals surface area (Å²) in [5.41, 5.74) is 12.9. The van der Waals surface area contributed by atoms with Crippen molar-refractivity contribution in [2.45, 2.75) is 19.3 Å². The van der Waals surface area contributed by atoms with Crippen molar-refractivity contribution in [3.05, 3.63) is 151 Å². The van der Waals surface area contributed by atoms with E-state index in [0.717, 1.165) is 55.5 Å². The van der Waals surface area contributed by atoms with Gasteiger partial charge in [0.2, 0.25) is 5.95 Å². The van der Waals surface area contributed by atoms with Crippen LogP contribution in [0.5, 0.6) is 0 Å². The average molecular weight is 604 g/mol. The number of benzene rings is 6. The molecule has 3 heterocycles. The van der Waals surface area contributed by atoms with Crippen LogP contribution in [0.3, 0.4) is 0 Å². The normalized spacial score (nSPS) is 13.5. The lowest BCUT2D eigenvalue weighted by Crippen LogP contribution is -2.15. The molecule has 1 aliphatic rings. The van der Waals surface area contributed by atoms with Gasteiger partial charge in [0.25, 0.3) is 0 Å². The van der Waals surface area contributed by atoms with Crippen LogP contribution >= 0.6 is 0 Å². The Labute approximate surface area is 271 Å². The van der Waals surface area contributed by atoms with Gasteiger partial charge in [0, 0.05) is 38.1 Å². The molecule has 4 nitrogen and oxygen atoms in total. The summed E-state index contributed by atoms with van der Waals surface area (Å²) < 4.78 is 8.59. The van der Waals surface area contributed by atoms with Crippen molar-refractivity contribution in [2.24, 2.45) is 0 Å². The van der Waals surface area contributed by atoms with Gasteiger partial charge in [-0.15, -0.1) is 0 Å². The lowest BCUT2D eigenvalue weighted by molar-refractivity contribution is 0.647. The van der Waals surface area contributed by atoms with Crippen LogP contribution in [-0.4, -0.2) is 14.5 Å². The topological polar surface area (TPSA) is 43.9 Å². The van der Waals surface area contributed by atoms with E-state index in [1.165, 1.54) is 33.0 Å². The number of aromatic nitrogens is 3. The van der Waals surface area contributed by atoms with Gasteiger partial charge in [0.15, 0.2) is 0 Å². The Morgan fingerprint density at radius 1 is 0.489 bits per heavy atom. The van der Waals surface area contributed by atoms with Gasteiger partial charge in [-0.2, -0.15) is 0 Å². The van der Waals surface area contributed by atoms with E-state index < -0.39 is 0 Å². The molecule has 0 aliphatic heterocycles. The van der Waals surface area contributed by atoms with Crippen LogP contribution in [0.2, 0.25) is 0 Å². The first-order chi connectivity index (χ1) is 23.0. The number of nitrogens with zero attached hydrogens (tertiary/aromatic N) is 3. The maximum Gasteiger partial charge on any atom is 0.235 e. The summed E-state index contributed by atoms with van der Waals surface area (Å²) in [7, 11) is 0. The van der Waals surface area contributed by atoms with E-state index in [9.17, 15) is 0 Å². The maximum absolute atomic E-state index is 6.34. The molecule has 9 aromatic rings. The third kappa shape index (κ3) is 3.76. The Kier molecular flexibility index (Phi) is 5.31. The minimum absolute atomic E-state index is 0.227. The molecule has 0 unspecified atom stereocenters.